The minimum Gasteiger partial charge on any atom is -0.383 e. The highest BCUT2D eigenvalue weighted by molar-refractivity contribution is 7.92. The Labute approximate surface area is 245 Å². The molecule has 6 aromatic rings. The van der Waals surface area contributed by atoms with Gasteiger partial charge in [0.25, 0.3) is 5.56 Å². The molecule has 6 rings (SSSR count). The summed E-state index contributed by atoms with van der Waals surface area (Å²) < 4.78 is 57.3. The molecular weight excluding hydrogens is 576 g/mol. The molecule has 0 spiro atoms. The van der Waals surface area contributed by atoms with E-state index in [9.17, 15) is 22.0 Å². The van der Waals surface area contributed by atoms with Crippen molar-refractivity contribution in [1.82, 2.24) is 24.1 Å². The van der Waals surface area contributed by atoms with Crippen molar-refractivity contribution in [3.63, 3.8) is 0 Å². The van der Waals surface area contributed by atoms with Crippen LogP contribution in [0.1, 0.15) is 19.4 Å². The van der Waals surface area contributed by atoms with Gasteiger partial charge in [0.05, 0.1) is 29.4 Å². The first-order valence-corrected chi connectivity index (χ1v) is 15.1. The first kappa shape index (κ1) is 29.3. The summed E-state index contributed by atoms with van der Waals surface area (Å²) in [4.78, 5) is 22.1. The van der Waals surface area contributed by atoms with E-state index in [1.54, 1.807) is 30.3 Å². The van der Waals surface area contributed by atoms with Crippen LogP contribution < -0.4 is 16.0 Å². The van der Waals surface area contributed by atoms with Gasteiger partial charge in [-0.1, -0.05) is 44.2 Å². The highest BCUT2D eigenvalue weighted by Crippen LogP contribution is 2.33. The Balaban J connectivity index is 0.00000180. The minimum atomic E-state index is -3.68. The van der Waals surface area contributed by atoms with Gasteiger partial charge in [0.1, 0.15) is 29.5 Å². The molecule has 0 amide bonds. The van der Waals surface area contributed by atoms with Gasteiger partial charge in [-0.3, -0.25) is 13.9 Å². The Bertz CT molecular complexity index is 2150. The molecule has 13 heteroatoms. The molecule has 2 aromatic carbocycles. The molecule has 4 aromatic heterocycles. The number of anilines is 2. The van der Waals surface area contributed by atoms with Gasteiger partial charge >= 0.3 is 0 Å². The Morgan fingerprint density at radius 1 is 0.930 bits per heavy atom. The maximum Gasteiger partial charge on any atom is 0.263 e. The van der Waals surface area contributed by atoms with Crippen LogP contribution in [0.15, 0.2) is 84.0 Å². The van der Waals surface area contributed by atoms with Gasteiger partial charge in [-0.15, -0.1) is 0 Å². The lowest BCUT2D eigenvalue weighted by Gasteiger charge is -2.13. The van der Waals surface area contributed by atoms with Crippen LogP contribution in [0.25, 0.3) is 38.9 Å². The van der Waals surface area contributed by atoms with E-state index >= 15 is 0 Å². The summed E-state index contributed by atoms with van der Waals surface area (Å²) in [5, 5.41) is 5.00. The van der Waals surface area contributed by atoms with Crippen LogP contribution in [0.5, 0.6) is 0 Å². The number of aromatic nitrogens is 5. The molecular formula is C30H27F2N7O3S. The van der Waals surface area contributed by atoms with Crippen LogP contribution in [0.4, 0.5) is 20.3 Å². The van der Waals surface area contributed by atoms with E-state index in [4.69, 9.17) is 5.73 Å². The number of benzene rings is 2. The lowest BCUT2D eigenvalue weighted by Crippen LogP contribution is -2.19. The number of halogens is 2. The van der Waals surface area contributed by atoms with Crippen molar-refractivity contribution in [3.05, 3.63) is 107 Å². The monoisotopic (exact) mass is 603 g/mol. The van der Waals surface area contributed by atoms with Gasteiger partial charge in [-0.25, -0.2) is 31.8 Å². The summed E-state index contributed by atoms with van der Waals surface area (Å²) in [6.45, 7) is 4.05. The van der Waals surface area contributed by atoms with Gasteiger partial charge < -0.3 is 5.73 Å². The third-order valence-corrected chi connectivity index (χ3v) is 7.04. The lowest BCUT2D eigenvalue weighted by molar-refractivity contribution is 0.606. The molecule has 0 saturated carbocycles. The molecule has 0 aliphatic heterocycles. The zero-order chi connectivity index (χ0) is 30.9. The molecule has 0 fully saturated rings. The molecule has 0 aliphatic rings. The summed E-state index contributed by atoms with van der Waals surface area (Å²) in [6.07, 6.45) is 3.35. The van der Waals surface area contributed by atoms with E-state index in [1.807, 2.05) is 19.9 Å². The normalized spacial score (nSPS) is 11.4. The van der Waals surface area contributed by atoms with Crippen molar-refractivity contribution in [2.75, 3.05) is 16.7 Å². The van der Waals surface area contributed by atoms with Crippen LogP contribution >= 0.6 is 0 Å². The summed E-state index contributed by atoms with van der Waals surface area (Å²) in [7, 11) is -3.68. The van der Waals surface area contributed by atoms with Gasteiger partial charge in [-0.2, -0.15) is 5.10 Å². The van der Waals surface area contributed by atoms with E-state index in [1.165, 1.54) is 39.7 Å². The van der Waals surface area contributed by atoms with E-state index < -0.39 is 27.2 Å². The van der Waals surface area contributed by atoms with E-state index in [-0.39, 0.29) is 29.3 Å². The number of hydrogen-bond acceptors (Lipinski definition) is 7. The van der Waals surface area contributed by atoms with E-state index in [2.05, 4.69) is 19.8 Å². The molecule has 0 radical (unpaired) electrons. The topological polar surface area (TPSA) is 137 Å². The average Bonchev–Trinajstić information content (AvgIpc) is 3.33. The van der Waals surface area contributed by atoms with Crippen molar-refractivity contribution < 1.29 is 17.2 Å². The fourth-order valence-electron chi connectivity index (χ4n) is 4.83. The highest BCUT2D eigenvalue weighted by Gasteiger charge is 2.21. The van der Waals surface area contributed by atoms with Crippen molar-refractivity contribution in [2.45, 2.75) is 20.4 Å². The first-order chi connectivity index (χ1) is 20.6. The standard InChI is InChI=1S/C28H21F2N7O3S.C2H6/c1-41(39,40)35-21-10-17(9-20(30)12-21)25-24-26(31)32-15-33-27(24)37(34-25)13-18-11-22-8-7-19(29)14-36(22)28(38)23(18)16-5-3-2-4-6-16;1-2/h2-12,14-15,35H,13H2,1H3,(H2,31,32,33);1-2H3. The van der Waals surface area contributed by atoms with Crippen molar-refractivity contribution in [1.29, 1.82) is 0 Å². The molecule has 4 heterocycles. The van der Waals surface area contributed by atoms with Crippen LogP contribution in [-0.4, -0.2) is 38.8 Å². The fourth-order valence-corrected chi connectivity index (χ4v) is 5.38. The van der Waals surface area contributed by atoms with E-state index in [0.717, 1.165) is 18.5 Å². The average molecular weight is 604 g/mol. The zero-order valence-electron chi connectivity index (χ0n) is 23.4. The Morgan fingerprint density at radius 3 is 2.40 bits per heavy atom. The smallest absolute Gasteiger partial charge is 0.263 e. The van der Waals surface area contributed by atoms with Crippen molar-refractivity contribution in [2.24, 2.45) is 0 Å². The second-order valence-electron chi connectivity index (χ2n) is 9.42. The first-order valence-electron chi connectivity index (χ1n) is 13.2. The number of sulfonamides is 1. The maximum absolute atomic E-state index is 14.6. The number of pyridine rings is 2. The SMILES string of the molecule is CC.CS(=O)(=O)Nc1cc(F)cc(-c2nn(Cc3cc4ccc(F)cn4c(=O)c3-c3ccccc3)c3ncnc(N)c23)c1. The zero-order valence-corrected chi connectivity index (χ0v) is 24.2. The van der Waals surface area contributed by atoms with Crippen LogP contribution in [0.3, 0.4) is 0 Å². The maximum atomic E-state index is 14.6. The molecule has 0 bridgehead atoms. The van der Waals surface area contributed by atoms with Crippen molar-refractivity contribution in [3.8, 4) is 22.4 Å². The predicted octanol–water partition coefficient (Wildman–Crippen LogP) is 5.08. The summed E-state index contributed by atoms with van der Waals surface area (Å²) in [6, 6.07) is 17.2. The summed E-state index contributed by atoms with van der Waals surface area (Å²) in [5.74, 6) is -1.18. The molecule has 0 atom stereocenters. The third-order valence-electron chi connectivity index (χ3n) is 6.44. The number of fused-ring (bicyclic) bond motifs is 2. The number of nitrogens with two attached hydrogens (primary N) is 1. The Kier molecular flexibility index (Phi) is 7.91. The van der Waals surface area contributed by atoms with Crippen LogP contribution in [0.2, 0.25) is 0 Å². The number of nitrogen functional groups attached to an aromatic ring is 1. The van der Waals surface area contributed by atoms with Crippen molar-refractivity contribution >= 4 is 38.1 Å². The second-order valence-corrected chi connectivity index (χ2v) is 11.2. The molecule has 0 unspecified atom stereocenters. The molecule has 0 aliphatic carbocycles. The summed E-state index contributed by atoms with van der Waals surface area (Å²) >= 11 is 0. The number of nitrogens with zero attached hydrogens (tertiary/aromatic N) is 5. The molecule has 0 saturated heterocycles. The van der Waals surface area contributed by atoms with Gasteiger partial charge in [0.15, 0.2) is 5.65 Å². The quantitative estimate of drug-likeness (QED) is 0.271. The van der Waals surface area contributed by atoms with Gasteiger partial charge in [0, 0.05) is 17.3 Å². The lowest BCUT2D eigenvalue weighted by atomic mass is 10.0. The number of hydrogen-bond donors (Lipinski definition) is 2. The highest BCUT2D eigenvalue weighted by atomic mass is 32.2. The Morgan fingerprint density at radius 2 is 1.67 bits per heavy atom. The van der Waals surface area contributed by atoms with Crippen LogP contribution in [-0.2, 0) is 16.6 Å². The van der Waals surface area contributed by atoms with E-state index in [0.29, 0.717) is 33.2 Å². The van der Waals surface area contributed by atoms with Crippen LogP contribution in [0, 0.1) is 11.6 Å². The molecule has 10 nitrogen and oxygen atoms in total. The third kappa shape index (κ3) is 5.93. The molecule has 220 valence electrons. The molecule has 43 heavy (non-hydrogen) atoms. The minimum absolute atomic E-state index is 0.00164. The Hall–Kier alpha value is -5.17. The second kappa shape index (κ2) is 11.6. The number of nitrogens with one attached hydrogen (secondary N) is 1. The number of rotatable bonds is 6. The summed E-state index contributed by atoms with van der Waals surface area (Å²) in [5.41, 5.74) is 8.56. The largest absolute Gasteiger partial charge is 0.383 e. The van der Waals surface area contributed by atoms with Gasteiger partial charge in [-0.05, 0) is 47.5 Å². The molecule has 3 N–H and O–H groups in total. The fraction of sp³-hybridized carbons (Fsp3) is 0.133. The van der Waals surface area contributed by atoms with Gasteiger partial charge in [0.2, 0.25) is 10.0 Å². The predicted molar refractivity (Wildman–Crippen MR) is 163 cm³/mol.